The molecule has 1 unspecified atom stereocenters. The Balaban J connectivity index is 1.32. The molecule has 0 aliphatic carbocycles. The van der Waals surface area contributed by atoms with Crippen molar-refractivity contribution in [3.05, 3.63) is 82.7 Å². The van der Waals surface area contributed by atoms with Crippen LogP contribution < -0.4 is 10.1 Å². The number of halogens is 1. The highest BCUT2D eigenvalue weighted by atomic mass is 79.9. The Bertz CT molecular complexity index is 1040. The summed E-state index contributed by atoms with van der Waals surface area (Å²) >= 11 is 3.43. The second-order valence-electron chi connectivity index (χ2n) is 7.00. The fourth-order valence-electron chi connectivity index (χ4n) is 3.26. The van der Waals surface area contributed by atoms with Crippen molar-refractivity contribution in [1.82, 2.24) is 4.90 Å². The lowest BCUT2D eigenvalue weighted by Gasteiger charge is -2.33. The van der Waals surface area contributed by atoms with Crippen LogP contribution in [-0.2, 0) is 9.53 Å². The zero-order valence-electron chi connectivity index (χ0n) is 16.6. The number of rotatable bonds is 6. The van der Waals surface area contributed by atoms with Gasteiger partial charge in [0.2, 0.25) is 0 Å². The normalized spacial score (nSPS) is 16.0. The molecule has 2 amide bonds. The molecule has 4 rings (SSSR count). The van der Waals surface area contributed by atoms with E-state index in [2.05, 4.69) is 21.2 Å². The maximum Gasteiger partial charge on any atom is 0.291 e. The standard InChI is InChI=1S/C23H21BrN2O5/c24-17-8-6-16(7-9-17)21-14-26(10-12-30-21)22(27)15-31-19-4-1-3-18(13-19)25-23(28)20-5-2-11-29-20/h1-9,11,13,21H,10,12,14-15H2,(H,25,28). The van der Waals surface area contributed by atoms with E-state index >= 15 is 0 Å². The molecular weight excluding hydrogens is 464 g/mol. The van der Waals surface area contributed by atoms with E-state index in [9.17, 15) is 9.59 Å². The molecule has 0 saturated carbocycles. The fourth-order valence-corrected chi connectivity index (χ4v) is 3.52. The highest BCUT2D eigenvalue weighted by Crippen LogP contribution is 2.24. The molecule has 8 heteroatoms. The molecule has 1 aromatic heterocycles. The number of anilines is 1. The van der Waals surface area contributed by atoms with Crippen LogP contribution in [0.4, 0.5) is 5.69 Å². The summed E-state index contributed by atoms with van der Waals surface area (Å²) in [6, 6.07) is 18.0. The number of furan rings is 1. The van der Waals surface area contributed by atoms with Crippen LogP contribution in [0.3, 0.4) is 0 Å². The van der Waals surface area contributed by atoms with Gasteiger partial charge in [0, 0.05) is 22.8 Å². The largest absolute Gasteiger partial charge is 0.484 e. The molecule has 160 valence electrons. The molecule has 0 spiro atoms. The summed E-state index contributed by atoms with van der Waals surface area (Å²) in [5.41, 5.74) is 1.58. The van der Waals surface area contributed by atoms with Gasteiger partial charge in [-0.2, -0.15) is 0 Å². The Morgan fingerprint density at radius 3 is 2.74 bits per heavy atom. The minimum absolute atomic E-state index is 0.0946. The quantitative estimate of drug-likeness (QED) is 0.564. The lowest BCUT2D eigenvalue weighted by Crippen LogP contribution is -2.44. The first-order valence-corrected chi connectivity index (χ1v) is 10.6. The SMILES string of the molecule is O=C(Nc1cccc(OCC(=O)N2CCOC(c3ccc(Br)cc3)C2)c1)c1ccco1. The van der Waals surface area contributed by atoms with E-state index in [-0.39, 0.29) is 30.3 Å². The van der Waals surface area contributed by atoms with E-state index in [1.54, 1.807) is 41.3 Å². The molecule has 1 atom stereocenters. The lowest BCUT2D eigenvalue weighted by molar-refractivity contribution is -0.141. The minimum Gasteiger partial charge on any atom is -0.484 e. The van der Waals surface area contributed by atoms with Gasteiger partial charge >= 0.3 is 0 Å². The van der Waals surface area contributed by atoms with E-state index in [1.165, 1.54) is 6.26 Å². The van der Waals surface area contributed by atoms with Crippen LogP contribution >= 0.6 is 15.9 Å². The second kappa shape index (κ2) is 9.80. The molecule has 2 heterocycles. The number of hydrogen-bond acceptors (Lipinski definition) is 5. The van der Waals surface area contributed by atoms with Gasteiger partial charge in [-0.15, -0.1) is 0 Å². The van der Waals surface area contributed by atoms with Gasteiger partial charge in [-0.3, -0.25) is 9.59 Å². The zero-order chi connectivity index (χ0) is 21.6. The zero-order valence-corrected chi connectivity index (χ0v) is 18.2. The third-order valence-electron chi connectivity index (χ3n) is 4.86. The third-order valence-corrected chi connectivity index (χ3v) is 5.39. The molecular formula is C23H21BrN2O5. The van der Waals surface area contributed by atoms with Crippen molar-refractivity contribution in [3.8, 4) is 5.75 Å². The predicted octanol–water partition coefficient (Wildman–Crippen LogP) is 4.27. The van der Waals surface area contributed by atoms with Gasteiger partial charge in [0.1, 0.15) is 11.9 Å². The first-order chi connectivity index (χ1) is 15.1. The number of carbonyl (C=O) groups excluding carboxylic acids is 2. The Morgan fingerprint density at radius 1 is 1.13 bits per heavy atom. The van der Waals surface area contributed by atoms with Crippen LogP contribution in [0.5, 0.6) is 5.75 Å². The Labute approximate surface area is 188 Å². The van der Waals surface area contributed by atoms with Crippen LogP contribution in [0, 0.1) is 0 Å². The number of hydrogen-bond donors (Lipinski definition) is 1. The summed E-state index contributed by atoms with van der Waals surface area (Å²) in [4.78, 5) is 26.5. The molecule has 1 N–H and O–H groups in total. The predicted molar refractivity (Wildman–Crippen MR) is 118 cm³/mol. The monoisotopic (exact) mass is 484 g/mol. The summed E-state index contributed by atoms with van der Waals surface area (Å²) in [7, 11) is 0. The summed E-state index contributed by atoms with van der Waals surface area (Å²) < 4.78 is 17.6. The molecule has 31 heavy (non-hydrogen) atoms. The second-order valence-corrected chi connectivity index (χ2v) is 7.91. The van der Waals surface area contributed by atoms with Crippen molar-refractivity contribution in [2.75, 3.05) is 31.6 Å². The van der Waals surface area contributed by atoms with Crippen molar-refractivity contribution < 1.29 is 23.5 Å². The number of amides is 2. The van der Waals surface area contributed by atoms with E-state index in [1.807, 2.05) is 24.3 Å². The van der Waals surface area contributed by atoms with Crippen molar-refractivity contribution in [1.29, 1.82) is 0 Å². The van der Waals surface area contributed by atoms with E-state index < -0.39 is 0 Å². The highest BCUT2D eigenvalue weighted by Gasteiger charge is 2.25. The van der Waals surface area contributed by atoms with Crippen LogP contribution in [0.2, 0.25) is 0 Å². The smallest absolute Gasteiger partial charge is 0.291 e. The Kier molecular flexibility index (Phi) is 6.69. The van der Waals surface area contributed by atoms with Crippen LogP contribution in [0.15, 0.2) is 75.8 Å². The van der Waals surface area contributed by atoms with Gasteiger partial charge in [0.05, 0.1) is 19.4 Å². The molecule has 1 aliphatic rings. The van der Waals surface area contributed by atoms with Crippen LogP contribution in [-0.4, -0.2) is 43.0 Å². The maximum absolute atomic E-state index is 12.7. The molecule has 1 saturated heterocycles. The van der Waals surface area contributed by atoms with Crippen molar-refractivity contribution in [2.24, 2.45) is 0 Å². The van der Waals surface area contributed by atoms with E-state index in [0.717, 1.165) is 10.0 Å². The van der Waals surface area contributed by atoms with Crippen molar-refractivity contribution in [2.45, 2.75) is 6.10 Å². The van der Waals surface area contributed by atoms with Crippen molar-refractivity contribution >= 4 is 33.4 Å². The molecule has 1 fully saturated rings. The average molecular weight is 485 g/mol. The molecule has 0 bridgehead atoms. The number of nitrogens with zero attached hydrogens (tertiary/aromatic N) is 1. The number of carbonyl (C=O) groups is 2. The molecule has 7 nitrogen and oxygen atoms in total. The van der Waals surface area contributed by atoms with Gasteiger partial charge in [-0.05, 0) is 42.0 Å². The first-order valence-electron chi connectivity index (χ1n) is 9.81. The van der Waals surface area contributed by atoms with Gasteiger partial charge in [0.15, 0.2) is 12.4 Å². The van der Waals surface area contributed by atoms with Gasteiger partial charge < -0.3 is 24.1 Å². The van der Waals surface area contributed by atoms with Gasteiger partial charge in [-0.1, -0.05) is 34.1 Å². The fraction of sp³-hybridized carbons (Fsp3) is 0.217. The minimum atomic E-state index is -0.356. The highest BCUT2D eigenvalue weighted by molar-refractivity contribution is 9.10. The summed E-state index contributed by atoms with van der Waals surface area (Å²) in [5.74, 6) is 0.235. The molecule has 3 aromatic rings. The Hall–Kier alpha value is -3.10. The van der Waals surface area contributed by atoms with Crippen LogP contribution in [0.1, 0.15) is 22.2 Å². The van der Waals surface area contributed by atoms with E-state index in [4.69, 9.17) is 13.9 Å². The topological polar surface area (TPSA) is 81.0 Å². The molecule has 0 radical (unpaired) electrons. The summed E-state index contributed by atoms with van der Waals surface area (Å²) in [6.07, 6.45) is 1.28. The Morgan fingerprint density at radius 2 is 1.97 bits per heavy atom. The average Bonchev–Trinajstić information content (AvgIpc) is 3.34. The van der Waals surface area contributed by atoms with Crippen LogP contribution in [0.25, 0.3) is 0 Å². The number of ether oxygens (including phenoxy) is 2. The third kappa shape index (κ3) is 5.53. The van der Waals surface area contributed by atoms with Gasteiger partial charge in [-0.25, -0.2) is 0 Å². The van der Waals surface area contributed by atoms with Gasteiger partial charge in [0.25, 0.3) is 11.8 Å². The summed E-state index contributed by atoms with van der Waals surface area (Å²) in [6.45, 7) is 1.38. The molecule has 1 aliphatic heterocycles. The lowest BCUT2D eigenvalue weighted by atomic mass is 10.1. The number of benzene rings is 2. The summed E-state index contributed by atoms with van der Waals surface area (Å²) in [5, 5.41) is 2.74. The first kappa shape index (κ1) is 21.1. The van der Waals surface area contributed by atoms with E-state index in [0.29, 0.717) is 31.1 Å². The number of nitrogens with one attached hydrogen (secondary N) is 1. The van der Waals surface area contributed by atoms with Crippen molar-refractivity contribution in [3.63, 3.8) is 0 Å². The maximum atomic E-state index is 12.7. The molecule has 2 aromatic carbocycles. The number of morpholine rings is 1.